The number of rotatable bonds is 4. The van der Waals surface area contributed by atoms with Crippen LogP contribution in [0.15, 0.2) is 36.5 Å². The van der Waals surface area contributed by atoms with Crippen LogP contribution in [0.2, 0.25) is 0 Å². The molecule has 0 saturated carbocycles. The molecule has 0 spiro atoms. The largest absolute Gasteiger partial charge is 0.376 e. The maximum absolute atomic E-state index is 12.9. The van der Waals surface area contributed by atoms with Crippen LogP contribution in [-0.4, -0.2) is 4.98 Å². The molecule has 0 aliphatic carbocycles. The predicted molar refractivity (Wildman–Crippen MR) is 76.8 cm³/mol. The van der Waals surface area contributed by atoms with E-state index in [2.05, 4.69) is 49.3 Å². The van der Waals surface area contributed by atoms with Crippen LogP contribution in [0.4, 0.5) is 10.1 Å². The van der Waals surface area contributed by atoms with Gasteiger partial charge in [0, 0.05) is 5.69 Å². The van der Waals surface area contributed by atoms with Crippen LogP contribution in [0.5, 0.6) is 0 Å². The second-order valence-corrected chi connectivity index (χ2v) is 4.82. The van der Waals surface area contributed by atoms with E-state index in [1.165, 1.54) is 23.4 Å². The Morgan fingerprint density at radius 1 is 1.21 bits per heavy atom. The van der Waals surface area contributed by atoms with Crippen molar-refractivity contribution >= 4 is 5.69 Å². The van der Waals surface area contributed by atoms with Gasteiger partial charge >= 0.3 is 0 Å². The summed E-state index contributed by atoms with van der Waals surface area (Å²) in [5.41, 5.74) is 4.42. The lowest BCUT2D eigenvalue weighted by atomic mass is 10.1. The molecular formula is C16H19FN2. The van der Waals surface area contributed by atoms with Crippen molar-refractivity contribution in [3.05, 3.63) is 59.2 Å². The normalized spacial score (nSPS) is 12.2. The van der Waals surface area contributed by atoms with Gasteiger partial charge in [-0.05, 0) is 44.0 Å². The van der Waals surface area contributed by atoms with Gasteiger partial charge in [-0.15, -0.1) is 0 Å². The van der Waals surface area contributed by atoms with Crippen molar-refractivity contribution in [2.24, 2.45) is 0 Å². The van der Waals surface area contributed by atoms with E-state index in [1.807, 2.05) is 0 Å². The van der Waals surface area contributed by atoms with Crippen LogP contribution in [0.1, 0.15) is 36.2 Å². The molecule has 0 amide bonds. The van der Waals surface area contributed by atoms with Crippen molar-refractivity contribution in [1.29, 1.82) is 0 Å². The van der Waals surface area contributed by atoms with Crippen LogP contribution < -0.4 is 5.32 Å². The lowest BCUT2D eigenvalue weighted by molar-refractivity contribution is 0.614. The summed E-state index contributed by atoms with van der Waals surface area (Å²) < 4.78 is 12.9. The molecule has 100 valence electrons. The van der Waals surface area contributed by atoms with Gasteiger partial charge in [-0.2, -0.15) is 0 Å². The van der Waals surface area contributed by atoms with E-state index in [4.69, 9.17) is 0 Å². The van der Waals surface area contributed by atoms with Gasteiger partial charge in [-0.25, -0.2) is 4.39 Å². The van der Waals surface area contributed by atoms with E-state index < -0.39 is 0 Å². The van der Waals surface area contributed by atoms with Gasteiger partial charge in [-0.3, -0.25) is 4.98 Å². The fourth-order valence-corrected chi connectivity index (χ4v) is 2.14. The standard InChI is InChI=1S/C16H19FN2/c1-4-14(16-8-6-13(17)10-18-16)19-15-7-5-11(2)9-12(15)3/h5-10,14,19H,4H2,1-3H3. The highest BCUT2D eigenvalue weighted by atomic mass is 19.1. The molecule has 3 heteroatoms. The molecule has 0 radical (unpaired) electrons. The second kappa shape index (κ2) is 5.83. The van der Waals surface area contributed by atoms with Gasteiger partial charge < -0.3 is 5.32 Å². The molecule has 2 nitrogen and oxygen atoms in total. The minimum atomic E-state index is -0.301. The van der Waals surface area contributed by atoms with Crippen LogP contribution in [0.25, 0.3) is 0 Å². The third kappa shape index (κ3) is 3.31. The summed E-state index contributed by atoms with van der Waals surface area (Å²) in [6.07, 6.45) is 2.16. The lowest BCUT2D eigenvalue weighted by Gasteiger charge is -2.19. The molecule has 1 atom stereocenters. The Morgan fingerprint density at radius 2 is 2.00 bits per heavy atom. The number of benzene rings is 1. The summed E-state index contributed by atoms with van der Waals surface area (Å²) in [4.78, 5) is 4.16. The fraction of sp³-hybridized carbons (Fsp3) is 0.312. The van der Waals surface area contributed by atoms with Gasteiger partial charge in [0.15, 0.2) is 0 Å². The molecule has 1 heterocycles. The molecule has 0 bridgehead atoms. The van der Waals surface area contributed by atoms with Crippen LogP contribution in [-0.2, 0) is 0 Å². The van der Waals surface area contributed by atoms with Crippen molar-refractivity contribution in [1.82, 2.24) is 4.98 Å². The topological polar surface area (TPSA) is 24.9 Å². The Kier molecular flexibility index (Phi) is 4.15. The highest BCUT2D eigenvalue weighted by Gasteiger charge is 2.11. The quantitative estimate of drug-likeness (QED) is 0.879. The molecule has 0 aliphatic heterocycles. The zero-order valence-electron chi connectivity index (χ0n) is 11.6. The summed E-state index contributed by atoms with van der Waals surface area (Å²) >= 11 is 0. The number of hydrogen-bond donors (Lipinski definition) is 1. The van der Waals surface area contributed by atoms with Gasteiger partial charge in [0.25, 0.3) is 0 Å². The molecule has 2 aromatic rings. The fourth-order valence-electron chi connectivity index (χ4n) is 2.14. The van der Waals surface area contributed by atoms with Crippen molar-refractivity contribution < 1.29 is 4.39 Å². The van der Waals surface area contributed by atoms with Gasteiger partial charge in [0.1, 0.15) is 5.82 Å². The first-order valence-corrected chi connectivity index (χ1v) is 6.55. The summed E-state index contributed by atoms with van der Waals surface area (Å²) in [5.74, 6) is -0.301. The van der Waals surface area contributed by atoms with Crippen molar-refractivity contribution in [2.45, 2.75) is 33.2 Å². The Bertz CT molecular complexity index is 549. The van der Waals surface area contributed by atoms with Crippen LogP contribution in [0, 0.1) is 19.7 Å². The number of pyridine rings is 1. The SMILES string of the molecule is CCC(Nc1ccc(C)cc1C)c1ccc(F)cn1. The first kappa shape index (κ1) is 13.5. The van der Waals surface area contributed by atoms with E-state index in [9.17, 15) is 4.39 Å². The minimum absolute atomic E-state index is 0.0991. The first-order valence-electron chi connectivity index (χ1n) is 6.55. The number of nitrogens with one attached hydrogen (secondary N) is 1. The van der Waals surface area contributed by atoms with E-state index >= 15 is 0 Å². The molecular weight excluding hydrogens is 239 g/mol. The maximum Gasteiger partial charge on any atom is 0.141 e. The Balaban J connectivity index is 2.21. The monoisotopic (exact) mass is 258 g/mol. The second-order valence-electron chi connectivity index (χ2n) is 4.82. The van der Waals surface area contributed by atoms with Crippen molar-refractivity contribution in [3.63, 3.8) is 0 Å². The number of halogens is 1. The molecule has 1 unspecified atom stereocenters. The number of aryl methyl sites for hydroxylation is 2. The molecule has 0 saturated heterocycles. The molecule has 0 aliphatic rings. The molecule has 19 heavy (non-hydrogen) atoms. The number of anilines is 1. The van der Waals surface area contributed by atoms with Crippen molar-refractivity contribution in [2.75, 3.05) is 5.32 Å². The summed E-state index contributed by atoms with van der Waals surface area (Å²) in [6.45, 7) is 6.25. The molecule has 1 aromatic carbocycles. The summed E-state index contributed by atoms with van der Waals surface area (Å²) in [5, 5.41) is 3.47. The summed E-state index contributed by atoms with van der Waals surface area (Å²) in [7, 11) is 0. The smallest absolute Gasteiger partial charge is 0.141 e. The lowest BCUT2D eigenvalue weighted by Crippen LogP contribution is -2.12. The third-order valence-electron chi connectivity index (χ3n) is 3.23. The number of hydrogen-bond acceptors (Lipinski definition) is 2. The van der Waals surface area contributed by atoms with Crippen LogP contribution in [0.3, 0.4) is 0 Å². The van der Waals surface area contributed by atoms with Crippen molar-refractivity contribution in [3.8, 4) is 0 Å². The predicted octanol–water partition coefficient (Wildman–Crippen LogP) is 4.40. The maximum atomic E-state index is 12.9. The molecule has 1 aromatic heterocycles. The van der Waals surface area contributed by atoms with Crippen LogP contribution >= 0.6 is 0 Å². The molecule has 2 rings (SSSR count). The molecule has 1 N–H and O–H groups in total. The van der Waals surface area contributed by atoms with E-state index in [0.717, 1.165) is 17.8 Å². The molecule has 0 fully saturated rings. The zero-order valence-corrected chi connectivity index (χ0v) is 11.6. The highest BCUT2D eigenvalue weighted by Crippen LogP contribution is 2.24. The Morgan fingerprint density at radius 3 is 2.58 bits per heavy atom. The zero-order chi connectivity index (χ0) is 13.8. The van der Waals surface area contributed by atoms with E-state index in [1.54, 1.807) is 6.07 Å². The summed E-state index contributed by atoms with van der Waals surface area (Å²) in [6, 6.07) is 9.60. The first-order chi connectivity index (χ1) is 9.10. The van der Waals surface area contributed by atoms with E-state index in [0.29, 0.717) is 0 Å². The van der Waals surface area contributed by atoms with Gasteiger partial charge in [-0.1, -0.05) is 24.6 Å². The Labute approximate surface area is 113 Å². The Hall–Kier alpha value is -1.90. The van der Waals surface area contributed by atoms with Gasteiger partial charge in [0.05, 0.1) is 17.9 Å². The average molecular weight is 258 g/mol. The van der Waals surface area contributed by atoms with E-state index in [-0.39, 0.29) is 11.9 Å². The minimum Gasteiger partial charge on any atom is -0.376 e. The van der Waals surface area contributed by atoms with Gasteiger partial charge in [0.2, 0.25) is 0 Å². The highest BCUT2D eigenvalue weighted by molar-refractivity contribution is 5.53. The average Bonchev–Trinajstić information content (AvgIpc) is 2.39. The third-order valence-corrected chi connectivity index (χ3v) is 3.23. The number of nitrogens with zero attached hydrogens (tertiary/aromatic N) is 1. The number of aromatic nitrogens is 1.